The Bertz CT molecular complexity index is 513. The quantitative estimate of drug-likeness (QED) is 0.622. The van der Waals surface area contributed by atoms with Crippen LogP contribution in [0, 0.1) is 6.92 Å². The van der Waals surface area contributed by atoms with Gasteiger partial charge in [0.05, 0.1) is 9.47 Å². The van der Waals surface area contributed by atoms with E-state index >= 15 is 0 Å². The van der Waals surface area contributed by atoms with Crippen molar-refractivity contribution in [2.75, 3.05) is 5.32 Å². The number of nitrogens with one attached hydrogen (secondary N) is 1. The lowest BCUT2D eigenvalue weighted by Gasteiger charge is -2.10. The molecule has 0 radical (unpaired) electrons. The first kappa shape index (κ1) is 13.6. The van der Waals surface area contributed by atoms with E-state index in [1.807, 2.05) is 0 Å². The molecule has 0 atom stereocenters. The van der Waals surface area contributed by atoms with E-state index in [0.29, 0.717) is 0 Å². The smallest absolute Gasteiger partial charge is 0.0702 e. The fourth-order valence-corrected chi connectivity index (χ4v) is 4.61. The maximum atomic E-state index is 3.58. The second-order valence-corrected chi connectivity index (χ2v) is 7.92. The zero-order chi connectivity index (χ0) is 12.4. The second-order valence-electron chi connectivity index (χ2n) is 3.66. The predicted octanol–water partition coefficient (Wildman–Crippen LogP) is 5.96. The van der Waals surface area contributed by atoms with Gasteiger partial charge in [-0.1, -0.05) is 0 Å². The summed E-state index contributed by atoms with van der Waals surface area (Å²) in [5, 5.41) is 3.43. The number of thiophene rings is 1. The van der Waals surface area contributed by atoms with E-state index in [1.54, 1.807) is 11.3 Å². The number of hydrogen-bond donors (Lipinski definition) is 1. The number of hydrogen-bond acceptors (Lipinski definition) is 2. The van der Waals surface area contributed by atoms with E-state index in [4.69, 9.17) is 0 Å². The van der Waals surface area contributed by atoms with Gasteiger partial charge in [0.25, 0.3) is 0 Å². The molecule has 2 aromatic rings. The fraction of sp³-hybridized carbons (Fsp3) is 0.167. The van der Waals surface area contributed by atoms with Crippen LogP contribution in [-0.2, 0) is 6.54 Å². The molecule has 90 valence electrons. The van der Waals surface area contributed by atoms with Crippen LogP contribution in [0.3, 0.4) is 0 Å². The molecule has 1 aromatic carbocycles. The molecular formula is C12H10Br3NS. The van der Waals surface area contributed by atoms with Gasteiger partial charge in [0.2, 0.25) is 0 Å². The highest BCUT2D eigenvalue weighted by molar-refractivity contribution is 9.11. The van der Waals surface area contributed by atoms with Crippen molar-refractivity contribution in [2.24, 2.45) is 0 Å². The molecule has 1 N–H and O–H groups in total. The molecule has 0 fully saturated rings. The monoisotopic (exact) mass is 437 g/mol. The van der Waals surface area contributed by atoms with Crippen LogP contribution in [0.25, 0.3) is 0 Å². The summed E-state index contributed by atoms with van der Waals surface area (Å²) in [6, 6.07) is 8.41. The maximum Gasteiger partial charge on any atom is 0.0702 e. The Morgan fingerprint density at radius 2 is 1.76 bits per heavy atom. The Hall–Kier alpha value is 0.160. The molecule has 1 heterocycles. The van der Waals surface area contributed by atoms with Crippen molar-refractivity contribution in [2.45, 2.75) is 13.5 Å². The standard InChI is InChI=1S/C12H10Br3NS/c1-7-4-9(13)12(10(14)5-7)16-6-8-2-3-11(15)17-8/h2-5,16H,6H2,1H3. The molecule has 5 heteroatoms. The van der Waals surface area contributed by atoms with E-state index in [2.05, 4.69) is 84.3 Å². The average Bonchev–Trinajstić information content (AvgIpc) is 2.62. The Morgan fingerprint density at radius 3 is 2.29 bits per heavy atom. The van der Waals surface area contributed by atoms with E-state index < -0.39 is 0 Å². The minimum absolute atomic E-state index is 0.830. The summed E-state index contributed by atoms with van der Waals surface area (Å²) in [5.41, 5.74) is 2.33. The number of benzene rings is 1. The highest BCUT2D eigenvalue weighted by Gasteiger charge is 2.06. The first-order valence-corrected chi connectivity index (χ1v) is 8.19. The Labute approximate surface area is 130 Å². The van der Waals surface area contributed by atoms with E-state index in [1.165, 1.54) is 10.4 Å². The molecule has 0 unspecified atom stereocenters. The molecule has 2 rings (SSSR count). The molecule has 0 bridgehead atoms. The van der Waals surface area contributed by atoms with Crippen molar-refractivity contribution in [3.8, 4) is 0 Å². The Morgan fingerprint density at radius 1 is 1.12 bits per heavy atom. The van der Waals surface area contributed by atoms with Gasteiger partial charge in [-0.05, 0) is 84.5 Å². The van der Waals surface area contributed by atoms with Crippen LogP contribution in [0.2, 0.25) is 0 Å². The average molecular weight is 440 g/mol. The largest absolute Gasteiger partial charge is 0.378 e. The summed E-state index contributed by atoms with van der Waals surface area (Å²) in [6.45, 7) is 2.91. The molecular weight excluding hydrogens is 430 g/mol. The van der Waals surface area contributed by atoms with Gasteiger partial charge in [-0.3, -0.25) is 0 Å². The van der Waals surface area contributed by atoms with Crippen LogP contribution in [0.5, 0.6) is 0 Å². The molecule has 0 saturated heterocycles. The Balaban J connectivity index is 2.14. The number of anilines is 1. The van der Waals surface area contributed by atoms with E-state index in [-0.39, 0.29) is 0 Å². The first-order valence-electron chi connectivity index (χ1n) is 5.00. The molecule has 0 amide bonds. The van der Waals surface area contributed by atoms with Crippen molar-refractivity contribution in [3.63, 3.8) is 0 Å². The third-order valence-corrected chi connectivity index (χ3v) is 5.13. The van der Waals surface area contributed by atoms with Crippen molar-refractivity contribution in [3.05, 3.63) is 47.4 Å². The Kier molecular flexibility index (Phi) is 4.69. The maximum absolute atomic E-state index is 3.58. The van der Waals surface area contributed by atoms with Crippen molar-refractivity contribution < 1.29 is 0 Å². The third-order valence-electron chi connectivity index (χ3n) is 2.25. The molecule has 0 spiro atoms. The number of halogens is 3. The lowest BCUT2D eigenvalue weighted by molar-refractivity contribution is 1.18. The summed E-state index contributed by atoms with van der Waals surface area (Å²) in [6.07, 6.45) is 0. The lowest BCUT2D eigenvalue weighted by atomic mass is 10.2. The molecule has 1 aromatic heterocycles. The number of aryl methyl sites for hydroxylation is 1. The molecule has 17 heavy (non-hydrogen) atoms. The van der Waals surface area contributed by atoms with Crippen LogP contribution in [-0.4, -0.2) is 0 Å². The van der Waals surface area contributed by atoms with Gasteiger partial charge in [-0.15, -0.1) is 11.3 Å². The van der Waals surface area contributed by atoms with Crippen molar-refractivity contribution >= 4 is 64.8 Å². The zero-order valence-corrected chi connectivity index (χ0v) is 14.6. The van der Waals surface area contributed by atoms with E-state index in [9.17, 15) is 0 Å². The van der Waals surface area contributed by atoms with Gasteiger partial charge in [-0.25, -0.2) is 0 Å². The van der Waals surface area contributed by atoms with Gasteiger partial charge >= 0.3 is 0 Å². The summed E-state index contributed by atoms with van der Waals surface area (Å²) >= 11 is 12.4. The van der Waals surface area contributed by atoms with Crippen LogP contribution >= 0.6 is 59.1 Å². The van der Waals surface area contributed by atoms with Gasteiger partial charge in [0.15, 0.2) is 0 Å². The SMILES string of the molecule is Cc1cc(Br)c(NCc2ccc(Br)s2)c(Br)c1. The first-order chi connectivity index (χ1) is 8.06. The molecule has 0 aliphatic heterocycles. The minimum Gasteiger partial charge on any atom is -0.378 e. The summed E-state index contributed by atoms with van der Waals surface area (Å²) in [7, 11) is 0. The summed E-state index contributed by atoms with van der Waals surface area (Å²) in [4.78, 5) is 1.30. The normalized spacial score (nSPS) is 10.6. The number of rotatable bonds is 3. The van der Waals surface area contributed by atoms with Crippen LogP contribution < -0.4 is 5.32 Å². The molecule has 0 saturated carbocycles. The molecule has 0 aliphatic carbocycles. The highest BCUT2D eigenvalue weighted by atomic mass is 79.9. The van der Waals surface area contributed by atoms with Crippen LogP contribution in [0.1, 0.15) is 10.4 Å². The predicted molar refractivity (Wildman–Crippen MR) is 85.9 cm³/mol. The molecule has 0 aliphatic rings. The van der Waals surface area contributed by atoms with Crippen LogP contribution in [0.15, 0.2) is 37.0 Å². The van der Waals surface area contributed by atoms with Gasteiger partial charge in [0.1, 0.15) is 0 Å². The molecule has 1 nitrogen and oxygen atoms in total. The highest BCUT2D eigenvalue weighted by Crippen LogP contribution is 2.33. The summed E-state index contributed by atoms with van der Waals surface area (Å²) in [5.74, 6) is 0. The lowest BCUT2D eigenvalue weighted by Crippen LogP contribution is -1.99. The minimum atomic E-state index is 0.830. The van der Waals surface area contributed by atoms with Crippen molar-refractivity contribution in [1.82, 2.24) is 0 Å². The van der Waals surface area contributed by atoms with Crippen LogP contribution in [0.4, 0.5) is 5.69 Å². The van der Waals surface area contributed by atoms with E-state index in [0.717, 1.165) is 25.0 Å². The summed E-state index contributed by atoms with van der Waals surface area (Å²) < 4.78 is 3.33. The van der Waals surface area contributed by atoms with Gasteiger partial charge in [-0.2, -0.15) is 0 Å². The fourth-order valence-electron chi connectivity index (χ4n) is 1.49. The van der Waals surface area contributed by atoms with Crippen molar-refractivity contribution in [1.29, 1.82) is 0 Å². The second kappa shape index (κ2) is 5.87. The zero-order valence-electron chi connectivity index (χ0n) is 9.06. The topological polar surface area (TPSA) is 12.0 Å². The van der Waals surface area contributed by atoms with Gasteiger partial charge in [0, 0.05) is 20.4 Å². The van der Waals surface area contributed by atoms with Gasteiger partial charge < -0.3 is 5.32 Å². The third kappa shape index (κ3) is 3.56.